The fourth-order valence-corrected chi connectivity index (χ4v) is 4.00. The Morgan fingerprint density at radius 2 is 2.21 bits per heavy atom. The maximum absolute atomic E-state index is 12.5. The molecule has 1 fully saturated rings. The molecular weight excluding hydrogens is 337 g/mol. The van der Waals surface area contributed by atoms with Gasteiger partial charge in [-0.25, -0.2) is 5.09 Å². The zero-order chi connectivity index (χ0) is 18.3. The van der Waals surface area contributed by atoms with E-state index < -0.39 is 43.6 Å². The normalized spacial score (nSPS) is 22.8. The summed E-state index contributed by atoms with van der Waals surface area (Å²) >= 11 is 0. The molecule has 2 amide bonds. The second-order valence-electron chi connectivity index (χ2n) is 5.85. The summed E-state index contributed by atoms with van der Waals surface area (Å²) in [5.41, 5.74) is 8.77. The maximum atomic E-state index is 12.5. The molecule has 1 heterocycles. The van der Waals surface area contributed by atoms with Crippen molar-refractivity contribution in [2.75, 3.05) is 13.1 Å². The van der Waals surface area contributed by atoms with Gasteiger partial charge in [0, 0.05) is 19.5 Å². The number of nitrogens with two attached hydrogens (primary N) is 2. The minimum atomic E-state index is -2.78. The minimum absolute atomic E-state index is 0.326. The molecule has 0 aromatic heterocycles. The molecule has 138 valence electrons. The van der Waals surface area contributed by atoms with Crippen LogP contribution >= 0.6 is 7.95 Å². The second-order valence-corrected chi connectivity index (χ2v) is 7.53. The number of amides is 2. The maximum Gasteiger partial charge on any atom is 0.320 e. The second kappa shape index (κ2) is 9.12. The summed E-state index contributed by atoms with van der Waals surface area (Å²) in [5.74, 6) is -2.39. The lowest BCUT2D eigenvalue weighted by Gasteiger charge is -2.32. The summed E-state index contributed by atoms with van der Waals surface area (Å²) < 4.78 is 12.5. The van der Waals surface area contributed by atoms with Crippen molar-refractivity contribution in [2.45, 2.75) is 50.0 Å². The highest BCUT2D eigenvalue weighted by atomic mass is 31.1. The molecule has 10 nitrogen and oxygen atoms in total. The van der Waals surface area contributed by atoms with Crippen LogP contribution in [0.2, 0.25) is 0 Å². The molecule has 0 aromatic rings. The first kappa shape index (κ1) is 20.6. The summed E-state index contributed by atoms with van der Waals surface area (Å²) in [6.45, 7) is 2.68. The number of nitrogens with one attached hydrogen (secondary N) is 3. The summed E-state index contributed by atoms with van der Waals surface area (Å²) in [7, 11) is -2.78. The number of hydrogen-bond acceptors (Lipinski definition) is 6. The zero-order valence-corrected chi connectivity index (χ0v) is 14.6. The fraction of sp³-hybridized carbons (Fsp3) is 0.769. The van der Waals surface area contributed by atoms with Crippen molar-refractivity contribution in [1.82, 2.24) is 15.7 Å². The van der Waals surface area contributed by atoms with Gasteiger partial charge in [0.25, 0.3) is 5.91 Å². The van der Waals surface area contributed by atoms with Crippen molar-refractivity contribution >= 4 is 25.7 Å². The first-order valence-corrected chi connectivity index (χ1v) is 9.35. The lowest BCUT2D eigenvalue weighted by atomic mass is 10.0. The molecule has 4 atom stereocenters. The number of carboxylic acid groups (broad SMARTS) is 1. The first-order chi connectivity index (χ1) is 11.2. The Hall–Kier alpha value is -1.48. The average Bonchev–Trinajstić information content (AvgIpc) is 2.52. The molecule has 0 aliphatic carbocycles. The van der Waals surface area contributed by atoms with Gasteiger partial charge in [-0.2, -0.15) is 0 Å². The van der Waals surface area contributed by atoms with Crippen LogP contribution in [0.4, 0.5) is 0 Å². The van der Waals surface area contributed by atoms with E-state index in [1.165, 1.54) is 0 Å². The quantitative estimate of drug-likeness (QED) is 0.208. The standard InChI is InChI=1S/C13H26N5O5P/c1-2-5-17-12(22)13(15,7-8(14)11(20)21)18-24(23)9-4-3-6-16-10(9)19/h8-9,24H,2-7,14-15H2,1H3,(H,16,19)(H,17,22)(H,18,23)(H,20,21)/t8?,9-,13?/m0/s1. The number of rotatable bonds is 9. The van der Waals surface area contributed by atoms with Gasteiger partial charge in [0.15, 0.2) is 5.66 Å². The molecule has 1 aliphatic heterocycles. The number of carbonyl (C=O) groups is 3. The topological polar surface area (TPSA) is 177 Å². The Morgan fingerprint density at radius 1 is 1.54 bits per heavy atom. The number of aliphatic carboxylic acids is 1. The van der Waals surface area contributed by atoms with Crippen LogP contribution in [0.3, 0.4) is 0 Å². The number of piperidine rings is 1. The number of hydrogen-bond donors (Lipinski definition) is 6. The average molecular weight is 363 g/mol. The Kier molecular flexibility index (Phi) is 7.82. The Labute approximate surface area is 140 Å². The predicted octanol–water partition coefficient (Wildman–Crippen LogP) is -1.69. The van der Waals surface area contributed by atoms with Gasteiger partial charge in [0.1, 0.15) is 19.7 Å². The van der Waals surface area contributed by atoms with Gasteiger partial charge < -0.3 is 31.8 Å². The van der Waals surface area contributed by atoms with Crippen LogP contribution in [0.25, 0.3) is 0 Å². The highest BCUT2D eigenvalue weighted by molar-refractivity contribution is 7.44. The Morgan fingerprint density at radius 3 is 2.75 bits per heavy atom. The van der Waals surface area contributed by atoms with Crippen molar-refractivity contribution < 1.29 is 24.1 Å². The Bertz CT molecular complexity index is 517. The first-order valence-electron chi connectivity index (χ1n) is 7.86. The summed E-state index contributed by atoms with van der Waals surface area (Å²) in [6, 6.07) is -1.41. The molecule has 11 heteroatoms. The SMILES string of the molecule is CCCNC(=O)C(N)(CC(N)C(=O)O)N[PH](=O)[C@H]1CCCNC1=O. The van der Waals surface area contributed by atoms with Gasteiger partial charge in [-0.1, -0.05) is 6.92 Å². The van der Waals surface area contributed by atoms with Gasteiger partial charge >= 0.3 is 5.97 Å². The van der Waals surface area contributed by atoms with E-state index in [-0.39, 0.29) is 5.91 Å². The van der Waals surface area contributed by atoms with Crippen molar-refractivity contribution in [3.63, 3.8) is 0 Å². The molecule has 0 saturated carbocycles. The molecular formula is C13H26N5O5P. The fourth-order valence-electron chi connectivity index (χ4n) is 2.36. The van der Waals surface area contributed by atoms with Crippen molar-refractivity contribution in [2.24, 2.45) is 11.5 Å². The van der Waals surface area contributed by atoms with Crippen molar-refractivity contribution in [1.29, 1.82) is 0 Å². The van der Waals surface area contributed by atoms with E-state index in [4.69, 9.17) is 16.6 Å². The zero-order valence-electron chi connectivity index (χ0n) is 13.6. The highest BCUT2D eigenvalue weighted by Gasteiger charge is 2.41. The molecule has 1 aliphatic rings. The van der Waals surface area contributed by atoms with Crippen molar-refractivity contribution in [3.8, 4) is 0 Å². The molecule has 0 bridgehead atoms. The van der Waals surface area contributed by atoms with Crippen LogP contribution < -0.4 is 27.2 Å². The smallest absolute Gasteiger partial charge is 0.320 e. The molecule has 24 heavy (non-hydrogen) atoms. The van der Waals surface area contributed by atoms with E-state index in [0.717, 1.165) is 0 Å². The third-order valence-electron chi connectivity index (χ3n) is 3.75. The van der Waals surface area contributed by atoms with Crippen LogP contribution in [0.5, 0.6) is 0 Å². The van der Waals surface area contributed by atoms with Crippen molar-refractivity contribution in [3.05, 3.63) is 0 Å². The van der Waals surface area contributed by atoms with E-state index in [2.05, 4.69) is 15.7 Å². The lowest BCUT2D eigenvalue weighted by Crippen LogP contribution is -2.65. The van der Waals surface area contributed by atoms with E-state index in [1.54, 1.807) is 0 Å². The van der Waals surface area contributed by atoms with E-state index in [0.29, 0.717) is 32.4 Å². The molecule has 1 rings (SSSR count). The van der Waals surface area contributed by atoms with E-state index in [9.17, 15) is 18.9 Å². The third-order valence-corrected chi connectivity index (χ3v) is 5.62. The number of carboxylic acids is 1. The number of carbonyl (C=O) groups excluding carboxylic acids is 2. The van der Waals surface area contributed by atoms with Gasteiger partial charge in [-0.3, -0.25) is 14.4 Å². The van der Waals surface area contributed by atoms with Crippen LogP contribution in [0.15, 0.2) is 0 Å². The lowest BCUT2D eigenvalue weighted by molar-refractivity contribution is -0.139. The molecule has 8 N–H and O–H groups in total. The summed E-state index contributed by atoms with van der Waals surface area (Å²) in [5, 5.41) is 16.6. The van der Waals surface area contributed by atoms with Gasteiger partial charge in [0.05, 0.1) is 0 Å². The Balaban J connectivity index is 2.90. The summed E-state index contributed by atoms with van der Waals surface area (Å²) in [4.78, 5) is 35.1. The molecule has 0 spiro atoms. The van der Waals surface area contributed by atoms with Gasteiger partial charge in [0.2, 0.25) is 5.91 Å². The third kappa shape index (κ3) is 5.55. The van der Waals surface area contributed by atoms with Gasteiger partial charge in [-0.15, -0.1) is 0 Å². The van der Waals surface area contributed by atoms with Crippen LogP contribution in [-0.4, -0.2) is 53.3 Å². The van der Waals surface area contributed by atoms with E-state index in [1.807, 2.05) is 6.92 Å². The predicted molar refractivity (Wildman–Crippen MR) is 88.6 cm³/mol. The van der Waals surface area contributed by atoms with E-state index >= 15 is 0 Å². The molecule has 1 saturated heterocycles. The molecule has 0 aromatic carbocycles. The van der Waals surface area contributed by atoms with Gasteiger partial charge in [-0.05, 0) is 19.3 Å². The monoisotopic (exact) mass is 363 g/mol. The highest BCUT2D eigenvalue weighted by Crippen LogP contribution is 2.32. The summed E-state index contributed by atoms with van der Waals surface area (Å²) in [6.07, 6.45) is 1.27. The van der Waals surface area contributed by atoms with Crippen LogP contribution in [0, 0.1) is 0 Å². The largest absolute Gasteiger partial charge is 0.480 e. The minimum Gasteiger partial charge on any atom is -0.480 e. The van der Waals surface area contributed by atoms with Crippen LogP contribution in [-0.2, 0) is 18.9 Å². The van der Waals surface area contributed by atoms with Crippen LogP contribution in [0.1, 0.15) is 32.6 Å². The molecule has 3 unspecified atom stereocenters. The molecule has 0 radical (unpaired) electrons.